The monoisotopic (exact) mass is 250 g/mol. The summed E-state index contributed by atoms with van der Waals surface area (Å²) in [6.07, 6.45) is 0.696. The van der Waals surface area contributed by atoms with Gasteiger partial charge in [-0.1, -0.05) is 18.2 Å². The molecule has 0 amide bonds. The summed E-state index contributed by atoms with van der Waals surface area (Å²) in [4.78, 5) is 0.239. The Morgan fingerprint density at radius 1 is 1.18 bits per heavy atom. The van der Waals surface area contributed by atoms with E-state index in [1.165, 1.54) is 0 Å². The van der Waals surface area contributed by atoms with E-state index in [4.69, 9.17) is 0 Å². The molecule has 1 saturated heterocycles. The Hall–Kier alpha value is -1.38. The predicted molar refractivity (Wildman–Crippen MR) is 64.1 cm³/mol. The Morgan fingerprint density at radius 3 is 2.29 bits per heavy atom. The number of rotatable bonds is 2. The van der Waals surface area contributed by atoms with Crippen LogP contribution in [-0.4, -0.2) is 26.3 Å². The highest BCUT2D eigenvalue weighted by Crippen LogP contribution is 2.32. The molecule has 0 bridgehead atoms. The molecule has 2 rings (SSSR count). The fraction of sp³-hybridized carbons (Fsp3) is 0.417. The molecule has 0 aliphatic carbocycles. The first-order valence-electron chi connectivity index (χ1n) is 5.54. The van der Waals surface area contributed by atoms with E-state index < -0.39 is 14.6 Å². The molecular formula is C12H14N2O2S. The molecule has 0 atom stereocenters. The maximum Gasteiger partial charge on any atom is 0.197 e. The van der Waals surface area contributed by atoms with Crippen LogP contribution in [0.1, 0.15) is 12.8 Å². The van der Waals surface area contributed by atoms with Crippen molar-refractivity contribution in [2.24, 2.45) is 0 Å². The second kappa shape index (κ2) is 4.47. The smallest absolute Gasteiger partial charge is 0.197 e. The number of sulfone groups is 1. The molecule has 1 aliphatic heterocycles. The van der Waals surface area contributed by atoms with Crippen LogP contribution in [0.2, 0.25) is 0 Å². The Bertz CT molecular complexity index is 525. The number of nitriles is 1. The summed E-state index contributed by atoms with van der Waals surface area (Å²) < 4.78 is 23.7. The lowest BCUT2D eigenvalue weighted by atomic mass is 9.99. The van der Waals surface area contributed by atoms with Gasteiger partial charge in [0.2, 0.25) is 0 Å². The van der Waals surface area contributed by atoms with Gasteiger partial charge in [-0.25, -0.2) is 8.42 Å². The number of piperidine rings is 1. The van der Waals surface area contributed by atoms with Crippen LogP contribution in [0.25, 0.3) is 0 Å². The maximum atomic E-state index is 12.5. The summed E-state index contributed by atoms with van der Waals surface area (Å²) in [7, 11) is -3.57. The topological polar surface area (TPSA) is 70.0 Å². The second-order valence-electron chi connectivity index (χ2n) is 4.17. The number of nitrogens with zero attached hydrogens (tertiary/aromatic N) is 1. The Morgan fingerprint density at radius 2 is 1.76 bits per heavy atom. The van der Waals surface area contributed by atoms with Crippen LogP contribution in [0.15, 0.2) is 35.2 Å². The van der Waals surface area contributed by atoms with Crippen molar-refractivity contribution in [3.05, 3.63) is 30.3 Å². The molecule has 90 valence electrons. The molecule has 1 heterocycles. The molecule has 17 heavy (non-hydrogen) atoms. The standard InChI is InChI=1S/C12H14N2O2S/c13-10-12(6-8-14-9-7-12)17(15,16)11-4-2-1-3-5-11/h1-5,14H,6-9H2. The van der Waals surface area contributed by atoms with Gasteiger partial charge in [-0.15, -0.1) is 0 Å². The molecule has 5 heteroatoms. The van der Waals surface area contributed by atoms with E-state index in [0.717, 1.165) is 0 Å². The minimum absolute atomic E-state index is 0.239. The zero-order valence-corrected chi connectivity index (χ0v) is 10.2. The van der Waals surface area contributed by atoms with Crippen LogP contribution in [0.4, 0.5) is 0 Å². The van der Waals surface area contributed by atoms with Crippen molar-refractivity contribution in [1.82, 2.24) is 5.32 Å². The number of hydrogen-bond acceptors (Lipinski definition) is 4. The van der Waals surface area contributed by atoms with Gasteiger partial charge in [-0.3, -0.25) is 0 Å². The fourth-order valence-electron chi connectivity index (χ4n) is 2.10. The summed E-state index contributed by atoms with van der Waals surface area (Å²) in [6.45, 7) is 1.14. The lowest BCUT2D eigenvalue weighted by Crippen LogP contribution is -2.46. The van der Waals surface area contributed by atoms with Gasteiger partial charge in [-0.2, -0.15) is 5.26 Å². The molecule has 1 N–H and O–H groups in total. The van der Waals surface area contributed by atoms with Crippen molar-refractivity contribution in [2.75, 3.05) is 13.1 Å². The highest BCUT2D eigenvalue weighted by atomic mass is 32.2. The van der Waals surface area contributed by atoms with E-state index in [2.05, 4.69) is 5.32 Å². The number of nitrogens with one attached hydrogen (secondary N) is 1. The van der Waals surface area contributed by atoms with Gasteiger partial charge < -0.3 is 5.32 Å². The first kappa shape index (κ1) is 12.1. The molecule has 0 aromatic heterocycles. The van der Waals surface area contributed by atoms with Gasteiger partial charge in [0.25, 0.3) is 0 Å². The first-order chi connectivity index (χ1) is 8.12. The summed E-state index contributed by atoms with van der Waals surface area (Å²) in [6, 6.07) is 10.3. The average Bonchev–Trinajstić information content (AvgIpc) is 2.40. The number of benzene rings is 1. The highest BCUT2D eigenvalue weighted by Gasteiger charge is 2.45. The van der Waals surface area contributed by atoms with Gasteiger partial charge in [0.15, 0.2) is 14.6 Å². The minimum atomic E-state index is -3.57. The normalized spacial score (nSPS) is 19.5. The molecule has 1 aromatic rings. The fourth-order valence-corrected chi connectivity index (χ4v) is 3.92. The van der Waals surface area contributed by atoms with Crippen molar-refractivity contribution in [2.45, 2.75) is 22.5 Å². The average molecular weight is 250 g/mol. The van der Waals surface area contributed by atoms with E-state index >= 15 is 0 Å². The van der Waals surface area contributed by atoms with Crippen LogP contribution in [0.3, 0.4) is 0 Å². The predicted octanol–water partition coefficient (Wildman–Crippen LogP) is 1.11. The van der Waals surface area contributed by atoms with Gasteiger partial charge in [0, 0.05) is 0 Å². The minimum Gasteiger partial charge on any atom is -0.317 e. The Balaban J connectivity index is 2.48. The van der Waals surface area contributed by atoms with Crippen molar-refractivity contribution in [3.63, 3.8) is 0 Å². The maximum absolute atomic E-state index is 12.5. The van der Waals surface area contributed by atoms with Crippen molar-refractivity contribution < 1.29 is 8.42 Å². The van der Waals surface area contributed by atoms with E-state index in [1.807, 2.05) is 6.07 Å². The molecule has 4 nitrogen and oxygen atoms in total. The number of hydrogen-bond donors (Lipinski definition) is 1. The molecule has 0 radical (unpaired) electrons. The third kappa shape index (κ3) is 1.94. The van der Waals surface area contributed by atoms with Crippen LogP contribution in [0, 0.1) is 11.3 Å². The molecule has 1 fully saturated rings. The largest absolute Gasteiger partial charge is 0.317 e. The first-order valence-corrected chi connectivity index (χ1v) is 7.02. The van der Waals surface area contributed by atoms with Crippen LogP contribution in [-0.2, 0) is 9.84 Å². The molecule has 0 saturated carbocycles. The van der Waals surface area contributed by atoms with E-state index in [1.54, 1.807) is 30.3 Å². The quantitative estimate of drug-likeness (QED) is 0.853. The van der Waals surface area contributed by atoms with E-state index in [9.17, 15) is 13.7 Å². The summed E-state index contributed by atoms with van der Waals surface area (Å²) >= 11 is 0. The lowest BCUT2D eigenvalue weighted by molar-refractivity contribution is 0.444. The van der Waals surface area contributed by atoms with Gasteiger partial charge in [-0.05, 0) is 38.1 Å². The third-order valence-electron chi connectivity index (χ3n) is 3.18. The Kier molecular flexibility index (Phi) is 3.18. The van der Waals surface area contributed by atoms with E-state index in [-0.39, 0.29) is 4.90 Å². The van der Waals surface area contributed by atoms with E-state index in [0.29, 0.717) is 25.9 Å². The van der Waals surface area contributed by atoms with Crippen molar-refractivity contribution in [3.8, 4) is 6.07 Å². The third-order valence-corrected chi connectivity index (χ3v) is 5.60. The Labute approximate surface area is 101 Å². The van der Waals surface area contributed by atoms with Crippen molar-refractivity contribution >= 4 is 9.84 Å². The summed E-state index contributed by atoms with van der Waals surface area (Å²) in [5, 5.41) is 12.4. The van der Waals surface area contributed by atoms with Gasteiger partial charge in [0.05, 0.1) is 11.0 Å². The molecule has 0 unspecified atom stereocenters. The zero-order chi connectivity index (χ0) is 12.4. The summed E-state index contributed by atoms with van der Waals surface area (Å²) in [5.41, 5.74) is 0. The zero-order valence-electron chi connectivity index (χ0n) is 9.39. The lowest BCUT2D eigenvalue weighted by Gasteiger charge is -2.30. The van der Waals surface area contributed by atoms with Crippen molar-refractivity contribution in [1.29, 1.82) is 5.26 Å². The second-order valence-corrected chi connectivity index (χ2v) is 6.43. The molecular weight excluding hydrogens is 236 g/mol. The molecule has 1 aromatic carbocycles. The molecule has 1 aliphatic rings. The SMILES string of the molecule is N#CC1(S(=O)(=O)c2ccccc2)CCNCC1. The van der Waals surface area contributed by atoms with Crippen LogP contribution in [0.5, 0.6) is 0 Å². The van der Waals surface area contributed by atoms with Gasteiger partial charge >= 0.3 is 0 Å². The molecule has 0 spiro atoms. The van der Waals surface area contributed by atoms with Crippen LogP contribution < -0.4 is 5.32 Å². The van der Waals surface area contributed by atoms with Gasteiger partial charge in [0.1, 0.15) is 0 Å². The van der Waals surface area contributed by atoms with Crippen LogP contribution >= 0.6 is 0 Å². The summed E-state index contributed by atoms with van der Waals surface area (Å²) in [5.74, 6) is 0. The highest BCUT2D eigenvalue weighted by molar-refractivity contribution is 7.93.